The van der Waals surface area contributed by atoms with E-state index in [1.807, 2.05) is 0 Å². The fraction of sp³-hybridized carbons (Fsp3) is 1.00. The molecule has 1 aliphatic rings. The van der Waals surface area contributed by atoms with Crippen molar-refractivity contribution in [3.05, 3.63) is 0 Å². The second kappa shape index (κ2) is 4.84. The third-order valence-corrected chi connectivity index (χ3v) is 3.61. The van der Waals surface area contributed by atoms with Gasteiger partial charge in [0.25, 0.3) is 0 Å². The molecule has 2 N–H and O–H groups in total. The first-order valence-corrected chi connectivity index (χ1v) is 6.36. The van der Waals surface area contributed by atoms with Gasteiger partial charge in [-0.15, -0.1) is 0 Å². The van der Waals surface area contributed by atoms with Crippen LogP contribution in [0.5, 0.6) is 0 Å². The first kappa shape index (κ1) is 13.0. The predicted molar refractivity (Wildman–Crippen MR) is 66.9 cm³/mol. The zero-order valence-electron chi connectivity index (χ0n) is 11.1. The molecule has 1 aliphatic heterocycles. The first-order chi connectivity index (χ1) is 6.86. The summed E-state index contributed by atoms with van der Waals surface area (Å²) in [7, 11) is 0. The quantitative estimate of drug-likeness (QED) is 0.779. The zero-order valence-corrected chi connectivity index (χ0v) is 11.1. The van der Waals surface area contributed by atoms with Gasteiger partial charge in [0.2, 0.25) is 0 Å². The Labute approximate surface area is 95.2 Å². The average Bonchev–Trinajstić information content (AvgIpc) is 2.49. The molecule has 0 bridgehead atoms. The molecule has 0 amide bonds. The number of likely N-dealkylation sites (tertiary alicyclic amines) is 1. The van der Waals surface area contributed by atoms with E-state index in [-0.39, 0.29) is 0 Å². The van der Waals surface area contributed by atoms with E-state index in [4.69, 9.17) is 5.73 Å². The Bertz CT molecular complexity index is 195. The third kappa shape index (κ3) is 3.18. The summed E-state index contributed by atoms with van der Waals surface area (Å²) in [4.78, 5) is 2.61. The number of nitrogens with zero attached hydrogens (tertiary/aromatic N) is 1. The Kier molecular flexibility index (Phi) is 4.19. The van der Waals surface area contributed by atoms with Crippen LogP contribution in [0.25, 0.3) is 0 Å². The SMILES string of the molecule is CCC(N)C(N1CCC(C)C1)C(C)(C)C. The summed E-state index contributed by atoms with van der Waals surface area (Å²) in [5.74, 6) is 0.846. The molecule has 2 nitrogen and oxygen atoms in total. The third-order valence-electron chi connectivity index (χ3n) is 3.61. The van der Waals surface area contributed by atoms with Crippen molar-refractivity contribution >= 4 is 0 Å². The summed E-state index contributed by atoms with van der Waals surface area (Å²) in [6, 6.07) is 0.850. The molecule has 3 atom stereocenters. The number of hydrogen-bond donors (Lipinski definition) is 1. The van der Waals surface area contributed by atoms with Gasteiger partial charge in [0.15, 0.2) is 0 Å². The van der Waals surface area contributed by atoms with Crippen molar-refractivity contribution in [3.63, 3.8) is 0 Å². The minimum Gasteiger partial charge on any atom is -0.326 e. The van der Waals surface area contributed by atoms with E-state index in [9.17, 15) is 0 Å². The molecule has 1 fully saturated rings. The van der Waals surface area contributed by atoms with Crippen LogP contribution < -0.4 is 5.73 Å². The molecule has 15 heavy (non-hydrogen) atoms. The van der Waals surface area contributed by atoms with Crippen molar-refractivity contribution in [3.8, 4) is 0 Å². The molecule has 1 rings (SSSR count). The maximum Gasteiger partial charge on any atom is 0.0295 e. The lowest BCUT2D eigenvalue weighted by Gasteiger charge is -2.41. The van der Waals surface area contributed by atoms with Crippen LogP contribution in [0.1, 0.15) is 47.5 Å². The fourth-order valence-electron chi connectivity index (χ4n) is 2.91. The average molecular weight is 212 g/mol. The Morgan fingerprint density at radius 2 is 2.00 bits per heavy atom. The van der Waals surface area contributed by atoms with Gasteiger partial charge in [0.05, 0.1) is 0 Å². The van der Waals surface area contributed by atoms with Crippen molar-refractivity contribution in [1.82, 2.24) is 4.90 Å². The van der Waals surface area contributed by atoms with Crippen molar-refractivity contribution in [2.45, 2.75) is 59.5 Å². The minimum absolute atomic E-state index is 0.291. The number of rotatable bonds is 3. The highest BCUT2D eigenvalue weighted by atomic mass is 15.2. The number of hydrogen-bond acceptors (Lipinski definition) is 2. The van der Waals surface area contributed by atoms with Gasteiger partial charge in [-0.1, -0.05) is 34.6 Å². The maximum absolute atomic E-state index is 6.29. The summed E-state index contributed by atoms with van der Waals surface area (Å²) >= 11 is 0. The highest BCUT2D eigenvalue weighted by Crippen LogP contribution is 2.31. The van der Waals surface area contributed by atoms with Gasteiger partial charge < -0.3 is 5.73 Å². The van der Waals surface area contributed by atoms with Crippen LogP contribution >= 0.6 is 0 Å². The van der Waals surface area contributed by atoms with E-state index >= 15 is 0 Å². The lowest BCUT2D eigenvalue weighted by molar-refractivity contribution is 0.0954. The molecule has 0 aliphatic carbocycles. The van der Waals surface area contributed by atoms with Crippen LogP contribution in [0, 0.1) is 11.3 Å². The summed E-state index contributed by atoms with van der Waals surface area (Å²) < 4.78 is 0. The largest absolute Gasteiger partial charge is 0.326 e. The predicted octanol–water partition coefficient (Wildman–Crippen LogP) is 2.48. The first-order valence-electron chi connectivity index (χ1n) is 6.36. The molecule has 0 saturated carbocycles. The van der Waals surface area contributed by atoms with Gasteiger partial charge in [-0.25, -0.2) is 0 Å². The zero-order chi connectivity index (χ0) is 11.6. The van der Waals surface area contributed by atoms with Crippen LogP contribution in [0.2, 0.25) is 0 Å². The Morgan fingerprint density at radius 3 is 2.33 bits per heavy atom. The summed E-state index contributed by atoms with van der Waals surface area (Å²) in [5.41, 5.74) is 6.58. The lowest BCUT2D eigenvalue weighted by atomic mass is 9.80. The van der Waals surface area contributed by atoms with Gasteiger partial charge in [0, 0.05) is 18.6 Å². The Morgan fingerprint density at radius 1 is 1.40 bits per heavy atom. The molecule has 1 saturated heterocycles. The lowest BCUT2D eigenvalue weighted by Crippen LogP contribution is -2.53. The van der Waals surface area contributed by atoms with Crippen molar-refractivity contribution < 1.29 is 0 Å². The van der Waals surface area contributed by atoms with Gasteiger partial charge in [-0.05, 0) is 30.7 Å². The number of nitrogens with two attached hydrogens (primary N) is 1. The second-order valence-electron chi connectivity index (χ2n) is 6.27. The highest BCUT2D eigenvalue weighted by Gasteiger charge is 2.36. The molecule has 90 valence electrons. The highest BCUT2D eigenvalue weighted by molar-refractivity contribution is 4.93. The molecule has 2 heteroatoms. The van der Waals surface area contributed by atoms with Gasteiger partial charge >= 0.3 is 0 Å². The summed E-state index contributed by atoms with van der Waals surface area (Å²) in [5, 5.41) is 0. The molecule has 1 heterocycles. The molecule has 0 aromatic carbocycles. The van der Waals surface area contributed by atoms with Crippen molar-refractivity contribution in [2.24, 2.45) is 17.1 Å². The van der Waals surface area contributed by atoms with E-state index in [1.165, 1.54) is 19.5 Å². The van der Waals surface area contributed by atoms with Crippen molar-refractivity contribution in [1.29, 1.82) is 0 Å². The Balaban J connectivity index is 2.73. The summed E-state index contributed by atoms with van der Waals surface area (Å²) in [6.45, 7) is 14.0. The minimum atomic E-state index is 0.291. The van der Waals surface area contributed by atoms with Crippen LogP contribution in [0.15, 0.2) is 0 Å². The van der Waals surface area contributed by atoms with Gasteiger partial charge in [-0.3, -0.25) is 4.90 Å². The fourth-order valence-corrected chi connectivity index (χ4v) is 2.91. The smallest absolute Gasteiger partial charge is 0.0295 e. The molecular weight excluding hydrogens is 184 g/mol. The van der Waals surface area contributed by atoms with E-state index in [1.54, 1.807) is 0 Å². The van der Waals surface area contributed by atoms with Crippen LogP contribution in [0.3, 0.4) is 0 Å². The Hall–Kier alpha value is -0.0800. The topological polar surface area (TPSA) is 29.3 Å². The molecular formula is C13H28N2. The van der Waals surface area contributed by atoms with Crippen LogP contribution in [0.4, 0.5) is 0 Å². The van der Waals surface area contributed by atoms with E-state index in [0.717, 1.165) is 12.3 Å². The van der Waals surface area contributed by atoms with E-state index < -0.39 is 0 Å². The van der Waals surface area contributed by atoms with Gasteiger partial charge in [0.1, 0.15) is 0 Å². The maximum atomic E-state index is 6.29. The van der Waals surface area contributed by atoms with E-state index in [2.05, 4.69) is 39.5 Å². The van der Waals surface area contributed by atoms with E-state index in [0.29, 0.717) is 17.5 Å². The molecule has 0 radical (unpaired) electrons. The molecule has 3 unspecified atom stereocenters. The summed E-state index contributed by atoms with van der Waals surface area (Å²) in [6.07, 6.45) is 2.41. The van der Waals surface area contributed by atoms with Gasteiger partial charge in [-0.2, -0.15) is 0 Å². The molecule has 0 spiro atoms. The van der Waals surface area contributed by atoms with Crippen LogP contribution in [-0.2, 0) is 0 Å². The van der Waals surface area contributed by atoms with Crippen molar-refractivity contribution in [2.75, 3.05) is 13.1 Å². The standard InChI is InChI=1S/C13H28N2/c1-6-11(14)12(13(3,4)5)15-8-7-10(2)9-15/h10-12H,6-9,14H2,1-5H3. The monoisotopic (exact) mass is 212 g/mol. The second-order valence-corrected chi connectivity index (χ2v) is 6.27. The molecule has 0 aromatic rings. The molecule has 0 aromatic heterocycles. The normalized spacial score (nSPS) is 28.0. The van der Waals surface area contributed by atoms with Crippen LogP contribution in [-0.4, -0.2) is 30.1 Å².